The van der Waals surface area contributed by atoms with Crippen molar-refractivity contribution in [2.75, 3.05) is 6.54 Å². The molecule has 1 aliphatic carbocycles. The Kier molecular flexibility index (Phi) is 2.69. The summed E-state index contributed by atoms with van der Waals surface area (Å²) >= 11 is 0. The van der Waals surface area contributed by atoms with Gasteiger partial charge < -0.3 is 9.73 Å². The first-order chi connectivity index (χ1) is 6.36. The lowest BCUT2D eigenvalue weighted by Crippen LogP contribution is -2.19. The molecule has 0 saturated heterocycles. The SMILES string of the molecule is C[C@@H](NCCC1CC1)c1ccco1. The minimum Gasteiger partial charge on any atom is -0.468 e. The summed E-state index contributed by atoms with van der Waals surface area (Å²) in [4.78, 5) is 0. The molecule has 1 aliphatic rings. The number of hydrogen-bond donors (Lipinski definition) is 1. The van der Waals surface area contributed by atoms with E-state index in [9.17, 15) is 0 Å². The zero-order chi connectivity index (χ0) is 9.10. The molecule has 1 N–H and O–H groups in total. The maximum absolute atomic E-state index is 5.31. The zero-order valence-electron chi connectivity index (χ0n) is 8.12. The molecule has 2 heteroatoms. The Labute approximate surface area is 79.3 Å². The molecule has 2 rings (SSSR count). The number of furan rings is 1. The second-order valence-electron chi connectivity index (χ2n) is 3.92. The fourth-order valence-corrected chi connectivity index (χ4v) is 1.55. The minimum atomic E-state index is 0.355. The van der Waals surface area contributed by atoms with E-state index in [0.717, 1.165) is 18.2 Å². The summed E-state index contributed by atoms with van der Waals surface area (Å²) in [5.74, 6) is 2.05. The van der Waals surface area contributed by atoms with Crippen molar-refractivity contribution in [3.8, 4) is 0 Å². The first-order valence-corrected chi connectivity index (χ1v) is 5.13. The van der Waals surface area contributed by atoms with E-state index in [1.807, 2.05) is 12.1 Å². The van der Waals surface area contributed by atoms with Crippen LogP contribution in [-0.4, -0.2) is 6.54 Å². The monoisotopic (exact) mass is 179 g/mol. The van der Waals surface area contributed by atoms with Crippen molar-refractivity contribution in [1.82, 2.24) is 5.32 Å². The number of rotatable bonds is 5. The van der Waals surface area contributed by atoms with Gasteiger partial charge in [-0.15, -0.1) is 0 Å². The highest BCUT2D eigenvalue weighted by Crippen LogP contribution is 2.31. The van der Waals surface area contributed by atoms with E-state index in [-0.39, 0.29) is 0 Å². The molecule has 0 spiro atoms. The van der Waals surface area contributed by atoms with E-state index in [0.29, 0.717) is 6.04 Å². The lowest BCUT2D eigenvalue weighted by molar-refractivity contribution is 0.425. The summed E-state index contributed by atoms with van der Waals surface area (Å²) in [6.07, 6.45) is 5.94. The van der Waals surface area contributed by atoms with Gasteiger partial charge in [0, 0.05) is 0 Å². The molecular weight excluding hydrogens is 162 g/mol. The van der Waals surface area contributed by atoms with Gasteiger partial charge >= 0.3 is 0 Å². The van der Waals surface area contributed by atoms with Crippen molar-refractivity contribution in [1.29, 1.82) is 0 Å². The van der Waals surface area contributed by atoms with Crippen molar-refractivity contribution >= 4 is 0 Å². The Morgan fingerprint density at radius 1 is 1.62 bits per heavy atom. The molecule has 1 atom stereocenters. The van der Waals surface area contributed by atoms with Gasteiger partial charge in [-0.25, -0.2) is 0 Å². The summed E-state index contributed by atoms with van der Waals surface area (Å²) in [5, 5.41) is 3.46. The molecule has 1 heterocycles. The maximum Gasteiger partial charge on any atom is 0.120 e. The third-order valence-electron chi connectivity index (χ3n) is 2.67. The molecule has 13 heavy (non-hydrogen) atoms. The molecule has 0 radical (unpaired) electrons. The predicted octanol–water partition coefficient (Wildman–Crippen LogP) is 2.73. The summed E-state index contributed by atoms with van der Waals surface area (Å²) < 4.78 is 5.31. The molecule has 1 saturated carbocycles. The van der Waals surface area contributed by atoms with Crippen molar-refractivity contribution < 1.29 is 4.42 Å². The van der Waals surface area contributed by atoms with Crippen molar-refractivity contribution in [2.45, 2.75) is 32.2 Å². The summed E-state index contributed by atoms with van der Waals surface area (Å²) in [6.45, 7) is 3.26. The molecule has 1 aromatic rings. The van der Waals surface area contributed by atoms with Crippen LogP contribution in [0.5, 0.6) is 0 Å². The third kappa shape index (κ3) is 2.59. The van der Waals surface area contributed by atoms with Crippen molar-refractivity contribution in [2.24, 2.45) is 5.92 Å². The lowest BCUT2D eigenvalue weighted by Gasteiger charge is -2.10. The predicted molar refractivity (Wildman–Crippen MR) is 52.5 cm³/mol. The molecule has 0 amide bonds. The topological polar surface area (TPSA) is 25.2 Å². The Hall–Kier alpha value is -0.760. The van der Waals surface area contributed by atoms with Crippen LogP contribution in [0.3, 0.4) is 0 Å². The maximum atomic E-state index is 5.31. The molecular formula is C11H17NO. The van der Waals surface area contributed by atoms with Gasteiger partial charge in [-0.1, -0.05) is 12.8 Å². The smallest absolute Gasteiger partial charge is 0.120 e. The van der Waals surface area contributed by atoms with Gasteiger partial charge in [-0.2, -0.15) is 0 Å². The van der Waals surface area contributed by atoms with E-state index < -0.39 is 0 Å². The van der Waals surface area contributed by atoms with Gasteiger partial charge in [0.25, 0.3) is 0 Å². The van der Waals surface area contributed by atoms with Crippen LogP contribution in [-0.2, 0) is 0 Å². The van der Waals surface area contributed by atoms with Crippen LogP contribution in [0.2, 0.25) is 0 Å². The Morgan fingerprint density at radius 2 is 2.46 bits per heavy atom. The Morgan fingerprint density at radius 3 is 3.08 bits per heavy atom. The van der Waals surface area contributed by atoms with Gasteiger partial charge in [-0.3, -0.25) is 0 Å². The van der Waals surface area contributed by atoms with Crippen LogP contribution < -0.4 is 5.32 Å². The minimum absolute atomic E-state index is 0.355. The van der Waals surface area contributed by atoms with E-state index >= 15 is 0 Å². The molecule has 0 aromatic carbocycles. The average molecular weight is 179 g/mol. The molecule has 1 aromatic heterocycles. The van der Waals surface area contributed by atoms with Crippen molar-refractivity contribution in [3.63, 3.8) is 0 Å². The molecule has 1 fully saturated rings. The molecule has 2 nitrogen and oxygen atoms in total. The summed E-state index contributed by atoms with van der Waals surface area (Å²) in [5.41, 5.74) is 0. The largest absolute Gasteiger partial charge is 0.468 e. The van der Waals surface area contributed by atoms with Crippen LogP contribution in [0.25, 0.3) is 0 Å². The quantitative estimate of drug-likeness (QED) is 0.751. The average Bonchev–Trinajstić information content (AvgIpc) is 2.80. The van der Waals surface area contributed by atoms with E-state index in [1.54, 1.807) is 6.26 Å². The van der Waals surface area contributed by atoms with E-state index in [4.69, 9.17) is 4.42 Å². The van der Waals surface area contributed by atoms with Crippen molar-refractivity contribution in [3.05, 3.63) is 24.2 Å². The normalized spacial score (nSPS) is 18.8. The highest BCUT2D eigenvalue weighted by Gasteiger charge is 2.20. The highest BCUT2D eigenvalue weighted by molar-refractivity contribution is 5.02. The molecule has 72 valence electrons. The number of nitrogens with one attached hydrogen (secondary N) is 1. The first kappa shape index (κ1) is 8.82. The zero-order valence-corrected chi connectivity index (χ0v) is 8.12. The van der Waals surface area contributed by atoms with Gasteiger partial charge in [0.05, 0.1) is 12.3 Å². The van der Waals surface area contributed by atoms with E-state index in [1.165, 1.54) is 19.3 Å². The van der Waals surface area contributed by atoms with Crippen LogP contribution >= 0.6 is 0 Å². The highest BCUT2D eigenvalue weighted by atomic mass is 16.3. The second kappa shape index (κ2) is 3.97. The second-order valence-corrected chi connectivity index (χ2v) is 3.92. The number of hydrogen-bond acceptors (Lipinski definition) is 2. The van der Waals surface area contributed by atoms with Crippen LogP contribution in [0.15, 0.2) is 22.8 Å². The molecule has 0 bridgehead atoms. The van der Waals surface area contributed by atoms with Crippen LogP contribution in [0.1, 0.15) is 38.0 Å². The van der Waals surface area contributed by atoms with Gasteiger partial charge in [-0.05, 0) is 37.9 Å². The lowest BCUT2D eigenvalue weighted by atomic mass is 10.2. The Bertz CT molecular complexity index is 239. The standard InChI is InChI=1S/C11H17NO/c1-9(11-3-2-8-13-11)12-7-6-10-4-5-10/h2-3,8-10,12H,4-7H2,1H3/t9-/m1/s1. The molecule has 0 aliphatic heterocycles. The van der Waals surface area contributed by atoms with E-state index in [2.05, 4.69) is 12.2 Å². The molecule has 0 unspecified atom stereocenters. The van der Waals surface area contributed by atoms with Crippen LogP contribution in [0, 0.1) is 5.92 Å². The Balaban J connectivity index is 1.68. The van der Waals surface area contributed by atoms with Gasteiger partial charge in [0.15, 0.2) is 0 Å². The third-order valence-corrected chi connectivity index (χ3v) is 2.67. The summed E-state index contributed by atoms with van der Waals surface area (Å²) in [7, 11) is 0. The fraction of sp³-hybridized carbons (Fsp3) is 0.636. The first-order valence-electron chi connectivity index (χ1n) is 5.13. The van der Waals surface area contributed by atoms with Gasteiger partial charge in [0.1, 0.15) is 5.76 Å². The fourth-order valence-electron chi connectivity index (χ4n) is 1.55. The van der Waals surface area contributed by atoms with Gasteiger partial charge in [0.2, 0.25) is 0 Å². The van der Waals surface area contributed by atoms with Crippen LogP contribution in [0.4, 0.5) is 0 Å². The summed E-state index contributed by atoms with van der Waals surface area (Å²) in [6, 6.07) is 4.32.